The van der Waals surface area contributed by atoms with Crippen molar-refractivity contribution in [1.29, 1.82) is 0 Å². The van der Waals surface area contributed by atoms with E-state index in [9.17, 15) is 4.79 Å². The first kappa shape index (κ1) is 17.3. The average Bonchev–Trinajstić information content (AvgIpc) is 3.06. The standard InChI is InChI=1S/C17H17ClN4O3/c1-11-13(10-23)8-19-22(17(11)24)9-16-20-15(21-25-16)7-4-12-2-5-14(18)6-3-12/h2-3,5-6,8,23H,4,7,9-10H2,1H3. The van der Waals surface area contributed by atoms with Crippen molar-refractivity contribution >= 4 is 11.6 Å². The van der Waals surface area contributed by atoms with Gasteiger partial charge in [0.05, 0.1) is 12.8 Å². The topological polar surface area (TPSA) is 94.0 Å². The first-order chi connectivity index (χ1) is 12.1. The van der Waals surface area contributed by atoms with Gasteiger partial charge in [0.15, 0.2) is 5.82 Å². The Bertz CT molecular complexity index is 918. The summed E-state index contributed by atoms with van der Waals surface area (Å²) in [4.78, 5) is 16.5. The molecule has 0 amide bonds. The highest BCUT2D eigenvalue weighted by molar-refractivity contribution is 6.30. The molecule has 8 heteroatoms. The van der Waals surface area contributed by atoms with Gasteiger partial charge < -0.3 is 9.63 Å². The van der Waals surface area contributed by atoms with Gasteiger partial charge in [-0.05, 0) is 31.0 Å². The molecule has 0 saturated heterocycles. The van der Waals surface area contributed by atoms with Crippen molar-refractivity contribution in [3.63, 3.8) is 0 Å². The zero-order valence-corrected chi connectivity index (χ0v) is 14.4. The number of rotatable bonds is 6. The van der Waals surface area contributed by atoms with Crippen LogP contribution < -0.4 is 5.56 Å². The summed E-state index contributed by atoms with van der Waals surface area (Å²) in [7, 11) is 0. The molecule has 2 aromatic heterocycles. The van der Waals surface area contributed by atoms with Gasteiger partial charge in [0.25, 0.3) is 5.56 Å². The Balaban J connectivity index is 1.67. The Labute approximate surface area is 148 Å². The zero-order valence-electron chi connectivity index (χ0n) is 13.6. The third kappa shape index (κ3) is 4.12. The van der Waals surface area contributed by atoms with Gasteiger partial charge in [-0.25, -0.2) is 4.68 Å². The third-order valence-corrected chi connectivity index (χ3v) is 4.16. The predicted molar refractivity (Wildman–Crippen MR) is 91.4 cm³/mol. The van der Waals surface area contributed by atoms with Gasteiger partial charge in [-0.3, -0.25) is 4.79 Å². The number of aryl methyl sites for hydroxylation is 2. The number of aliphatic hydroxyl groups excluding tert-OH is 1. The molecule has 0 aliphatic carbocycles. The molecule has 0 aliphatic heterocycles. The second kappa shape index (κ2) is 7.58. The van der Waals surface area contributed by atoms with Crippen LogP contribution in [0.3, 0.4) is 0 Å². The van der Waals surface area contributed by atoms with Crippen LogP contribution in [0, 0.1) is 6.92 Å². The minimum Gasteiger partial charge on any atom is -0.392 e. The predicted octanol–water partition coefficient (Wildman–Crippen LogP) is 1.91. The monoisotopic (exact) mass is 360 g/mol. The smallest absolute Gasteiger partial charge is 0.270 e. The number of aliphatic hydroxyl groups is 1. The Morgan fingerprint density at radius 3 is 2.72 bits per heavy atom. The Hall–Kier alpha value is -2.51. The number of benzene rings is 1. The van der Waals surface area contributed by atoms with Crippen LogP contribution in [0.5, 0.6) is 0 Å². The van der Waals surface area contributed by atoms with E-state index in [0.717, 1.165) is 12.0 Å². The molecule has 0 fully saturated rings. The molecule has 0 bridgehead atoms. The van der Waals surface area contributed by atoms with Crippen LogP contribution in [0.25, 0.3) is 0 Å². The highest BCUT2D eigenvalue weighted by Crippen LogP contribution is 2.11. The van der Waals surface area contributed by atoms with Gasteiger partial charge in [-0.15, -0.1) is 0 Å². The van der Waals surface area contributed by atoms with Crippen LogP contribution in [-0.4, -0.2) is 25.0 Å². The van der Waals surface area contributed by atoms with E-state index in [1.54, 1.807) is 6.92 Å². The lowest BCUT2D eigenvalue weighted by Gasteiger charge is -2.05. The van der Waals surface area contributed by atoms with Crippen LogP contribution in [-0.2, 0) is 26.0 Å². The number of halogens is 1. The van der Waals surface area contributed by atoms with Gasteiger partial charge in [0, 0.05) is 22.6 Å². The van der Waals surface area contributed by atoms with Crippen molar-refractivity contribution in [1.82, 2.24) is 19.9 Å². The van der Waals surface area contributed by atoms with E-state index >= 15 is 0 Å². The first-order valence-electron chi connectivity index (χ1n) is 7.79. The van der Waals surface area contributed by atoms with Gasteiger partial charge in [0.1, 0.15) is 6.54 Å². The van der Waals surface area contributed by atoms with Crippen molar-refractivity contribution in [3.05, 3.63) is 74.2 Å². The summed E-state index contributed by atoms with van der Waals surface area (Å²) >= 11 is 5.86. The lowest BCUT2D eigenvalue weighted by atomic mass is 10.1. The minimum atomic E-state index is -0.285. The molecule has 25 heavy (non-hydrogen) atoms. The van der Waals surface area contributed by atoms with Gasteiger partial charge in [0.2, 0.25) is 5.89 Å². The summed E-state index contributed by atoms with van der Waals surface area (Å²) in [5.41, 5.74) is 1.81. The average molecular weight is 361 g/mol. The maximum Gasteiger partial charge on any atom is 0.270 e. The molecule has 1 aromatic carbocycles. The summed E-state index contributed by atoms with van der Waals surface area (Å²) in [5.74, 6) is 0.888. The summed E-state index contributed by atoms with van der Waals surface area (Å²) < 4.78 is 6.44. The number of hydrogen-bond donors (Lipinski definition) is 1. The van der Waals surface area contributed by atoms with Gasteiger partial charge >= 0.3 is 0 Å². The van der Waals surface area contributed by atoms with Crippen LogP contribution in [0.15, 0.2) is 39.8 Å². The zero-order chi connectivity index (χ0) is 17.8. The molecule has 1 N–H and O–H groups in total. The molecule has 3 rings (SSSR count). The molecule has 0 radical (unpaired) electrons. The van der Waals surface area contributed by atoms with E-state index in [1.807, 2.05) is 24.3 Å². The number of hydrogen-bond acceptors (Lipinski definition) is 6. The first-order valence-corrected chi connectivity index (χ1v) is 8.17. The number of aromatic nitrogens is 4. The Kier molecular flexibility index (Phi) is 5.25. The fourth-order valence-corrected chi connectivity index (χ4v) is 2.51. The van der Waals surface area contributed by atoms with Crippen molar-refractivity contribution in [2.24, 2.45) is 0 Å². The molecule has 0 atom stereocenters. The van der Waals surface area contributed by atoms with Crippen LogP contribution in [0.4, 0.5) is 0 Å². The van der Waals surface area contributed by atoms with Crippen LogP contribution in [0.1, 0.15) is 28.4 Å². The lowest BCUT2D eigenvalue weighted by Crippen LogP contribution is -2.26. The number of nitrogens with zero attached hydrogens (tertiary/aromatic N) is 4. The molecule has 7 nitrogen and oxygen atoms in total. The molecule has 2 heterocycles. The summed E-state index contributed by atoms with van der Waals surface area (Å²) in [5, 5.41) is 17.8. The van der Waals surface area contributed by atoms with Crippen molar-refractivity contribution in [2.45, 2.75) is 32.9 Å². The van der Waals surface area contributed by atoms with E-state index in [0.29, 0.717) is 34.3 Å². The minimum absolute atomic E-state index is 0.0966. The van der Waals surface area contributed by atoms with Gasteiger partial charge in [-0.1, -0.05) is 28.9 Å². The van der Waals surface area contributed by atoms with E-state index < -0.39 is 0 Å². The van der Waals surface area contributed by atoms with E-state index in [4.69, 9.17) is 21.2 Å². The summed E-state index contributed by atoms with van der Waals surface area (Å²) in [6.07, 6.45) is 2.85. The normalized spacial score (nSPS) is 11.0. The van der Waals surface area contributed by atoms with E-state index in [2.05, 4.69) is 15.2 Å². The lowest BCUT2D eigenvalue weighted by molar-refractivity contribution is 0.279. The molecule has 3 aromatic rings. The largest absolute Gasteiger partial charge is 0.392 e. The fourth-order valence-electron chi connectivity index (χ4n) is 2.38. The van der Waals surface area contributed by atoms with Gasteiger partial charge in [-0.2, -0.15) is 10.1 Å². The molecular weight excluding hydrogens is 344 g/mol. The molecule has 0 spiro atoms. The van der Waals surface area contributed by atoms with Crippen molar-refractivity contribution in [3.8, 4) is 0 Å². The maximum absolute atomic E-state index is 12.2. The third-order valence-electron chi connectivity index (χ3n) is 3.91. The highest BCUT2D eigenvalue weighted by Gasteiger charge is 2.11. The molecule has 0 saturated carbocycles. The highest BCUT2D eigenvalue weighted by atomic mass is 35.5. The van der Waals surface area contributed by atoms with Crippen molar-refractivity contribution < 1.29 is 9.63 Å². The Morgan fingerprint density at radius 1 is 1.24 bits per heavy atom. The van der Waals surface area contributed by atoms with Crippen molar-refractivity contribution in [2.75, 3.05) is 0 Å². The fraction of sp³-hybridized carbons (Fsp3) is 0.294. The summed E-state index contributed by atoms with van der Waals surface area (Å²) in [6.45, 7) is 1.53. The quantitative estimate of drug-likeness (QED) is 0.721. The summed E-state index contributed by atoms with van der Waals surface area (Å²) in [6, 6.07) is 7.60. The molecule has 0 aliphatic rings. The molecule has 0 unspecified atom stereocenters. The second-order valence-electron chi connectivity index (χ2n) is 5.65. The molecular formula is C17H17ClN4O3. The van der Waals surface area contributed by atoms with Crippen LogP contribution >= 0.6 is 11.6 Å². The molecule has 130 valence electrons. The van der Waals surface area contributed by atoms with E-state index in [-0.39, 0.29) is 18.7 Å². The maximum atomic E-state index is 12.2. The second-order valence-corrected chi connectivity index (χ2v) is 6.08. The van der Waals surface area contributed by atoms with E-state index in [1.165, 1.54) is 10.9 Å². The Morgan fingerprint density at radius 2 is 2.00 bits per heavy atom. The van der Waals surface area contributed by atoms with Crippen LogP contribution in [0.2, 0.25) is 5.02 Å². The SMILES string of the molecule is Cc1c(CO)cnn(Cc2nc(CCc3ccc(Cl)cc3)no2)c1=O.